The van der Waals surface area contributed by atoms with E-state index >= 15 is 0 Å². The number of aliphatic hydroxyl groups excluding tert-OH is 3. The first-order valence-electron chi connectivity index (χ1n) is 37.3. The van der Waals surface area contributed by atoms with Crippen molar-refractivity contribution in [2.24, 2.45) is 0 Å². The SMILES string of the molecule is C=C(C)C(=O)OCC(O)COc1ccc(C(C)(c2ccc(OC)cc2)c2ccc(Oc3ccc(C(=O)c4ccc(C)cc4)cc3)cc2)cc1.C=C(C)C(=O)OCC(O)COc1ccc(C(c2ccc(OC)cc2)C(c2ccc(OCC(O)COC(=O)C(=C)C)cc2)c2ccc(Oc3ccc(C(=O)c4ccc(C)cc4)cc3)cc2)cc1. The molecule has 0 saturated heterocycles. The molecule has 6 atom stereocenters. The monoisotopic (exact) mass is 1550 g/mol. The molecule has 0 aromatic heterocycles. The average Bonchev–Trinajstić information content (AvgIpc) is 0.767. The molecule has 590 valence electrons. The number of methoxy groups -OCH3 is 2. The van der Waals surface area contributed by atoms with Gasteiger partial charge in [0.25, 0.3) is 0 Å². The molecule has 0 amide bonds. The third kappa shape index (κ3) is 23.5. The highest BCUT2D eigenvalue weighted by atomic mass is 16.6. The van der Waals surface area contributed by atoms with Gasteiger partial charge in [0.15, 0.2) is 11.6 Å². The molecule has 3 N–H and O–H groups in total. The number of hydrogen-bond acceptors (Lipinski definition) is 18. The molecule has 0 spiro atoms. The predicted octanol–water partition coefficient (Wildman–Crippen LogP) is 17.9. The van der Waals surface area contributed by atoms with Crippen LogP contribution in [0.1, 0.15) is 121 Å². The number of aryl methyl sites for hydroxylation is 2. The molecule has 0 bridgehead atoms. The maximum absolute atomic E-state index is 13.1. The molecule has 0 aliphatic rings. The third-order valence-electron chi connectivity index (χ3n) is 19.0. The number of hydrogen-bond donors (Lipinski definition) is 3. The van der Waals surface area contributed by atoms with Crippen LogP contribution in [-0.4, -0.2) is 117 Å². The highest BCUT2D eigenvalue weighted by Gasteiger charge is 2.33. The van der Waals surface area contributed by atoms with E-state index in [1.54, 1.807) is 69.7 Å². The highest BCUT2D eigenvalue weighted by Crippen LogP contribution is 2.46. The molecule has 0 aliphatic carbocycles. The Morgan fingerprint density at radius 1 is 0.304 bits per heavy atom. The van der Waals surface area contributed by atoms with Crippen molar-refractivity contribution in [2.75, 3.05) is 53.9 Å². The summed E-state index contributed by atoms with van der Waals surface area (Å²) in [6, 6.07) is 84.0. The van der Waals surface area contributed by atoms with Gasteiger partial charge in [-0.25, -0.2) is 14.4 Å². The Hall–Kier alpha value is -13.1. The summed E-state index contributed by atoms with van der Waals surface area (Å²) in [7, 11) is 3.26. The molecule has 115 heavy (non-hydrogen) atoms. The fourth-order valence-electron chi connectivity index (χ4n) is 12.4. The minimum Gasteiger partial charge on any atom is -0.497 e. The van der Waals surface area contributed by atoms with Gasteiger partial charge in [0.2, 0.25) is 0 Å². The van der Waals surface area contributed by atoms with Crippen LogP contribution < -0.4 is 33.2 Å². The maximum Gasteiger partial charge on any atom is 0.333 e. The lowest BCUT2D eigenvalue weighted by atomic mass is 9.71. The zero-order valence-corrected chi connectivity index (χ0v) is 65.6. The summed E-state index contributed by atoms with van der Waals surface area (Å²) in [5.41, 5.74) is 11.8. The van der Waals surface area contributed by atoms with Gasteiger partial charge < -0.3 is 62.7 Å². The second kappa shape index (κ2) is 40.4. The second-order valence-corrected chi connectivity index (χ2v) is 28.0. The van der Waals surface area contributed by atoms with E-state index in [-0.39, 0.29) is 79.8 Å². The lowest BCUT2D eigenvalue weighted by molar-refractivity contribution is -0.143. The van der Waals surface area contributed by atoms with Crippen LogP contribution in [0.25, 0.3) is 0 Å². The number of aliphatic hydroxyl groups is 3. The van der Waals surface area contributed by atoms with Crippen LogP contribution in [-0.2, 0) is 34.0 Å². The van der Waals surface area contributed by atoms with Crippen molar-refractivity contribution in [1.29, 1.82) is 0 Å². The number of carbonyl (C=O) groups is 5. The topological polar surface area (TPSA) is 238 Å². The molecule has 11 rings (SSSR count). The van der Waals surface area contributed by atoms with Gasteiger partial charge in [-0.2, -0.15) is 0 Å². The van der Waals surface area contributed by atoms with E-state index in [0.717, 1.165) is 55.8 Å². The fraction of sp³-hybridized carbons (Fsp3) is 0.206. The van der Waals surface area contributed by atoms with Crippen molar-refractivity contribution in [3.05, 3.63) is 376 Å². The van der Waals surface area contributed by atoms with Crippen molar-refractivity contribution in [2.45, 2.75) is 77.1 Å². The van der Waals surface area contributed by atoms with Gasteiger partial charge in [-0.3, -0.25) is 9.59 Å². The molecule has 0 fully saturated rings. The summed E-state index contributed by atoms with van der Waals surface area (Å²) < 4.78 is 56.1. The first-order chi connectivity index (χ1) is 55.3. The van der Waals surface area contributed by atoms with Crippen molar-refractivity contribution < 1.29 is 86.7 Å². The van der Waals surface area contributed by atoms with E-state index in [1.807, 2.05) is 220 Å². The highest BCUT2D eigenvalue weighted by molar-refractivity contribution is 6.09. The summed E-state index contributed by atoms with van der Waals surface area (Å²) in [6.45, 7) is 20.5. The van der Waals surface area contributed by atoms with E-state index in [4.69, 9.17) is 47.4 Å². The van der Waals surface area contributed by atoms with E-state index < -0.39 is 41.6 Å². The predicted molar refractivity (Wildman–Crippen MR) is 442 cm³/mol. The molecule has 6 unspecified atom stereocenters. The summed E-state index contributed by atoms with van der Waals surface area (Å²) in [6.07, 6.45) is -3.07. The zero-order chi connectivity index (χ0) is 82.1. The number of esters is 3. The number of carbonyl (C=O) groups excluding carboxylic acids is 5. The summed E-state index contributed by atoms with van der Waals surface area (Å²) in [5, 5.41) is 31.0. The van der Waals surface area contributed by atoms with Crippen LogP contribution in [0.3, 0.4) is 0 Å². The van der Waals surface area contributed by atoms with E-state index in [1.165, 1.54) is 13.8 Å². The molecular formula is C97H94O18. The van der Waals surface area contributed by atoms with Crippen molar-refractivity contribution in [1.82, 2.24) is 0 Å². The summed E-state index contributed by atoms with van der Waals surface area (Å²) in [4.78, 5) is 61.2. The Morgan fingerprint density at radius 2 is 0.513 bits per heavy atom. The van der Waals surface area contributed by atoms with Crippen molar-refractivity contribution in [3.63, 3.8) is 0 Å². The van der Waals surface area contributed by atoms with Crippen LogP contribution >= 0.6 is 0 Å². The Bertz CT molecular complexity index is 5080. The summed E-state index contributed by atoms with van der Waals surface area (Å²) in [5.74, 6) is 3.16. The van der Waals surface area contributed by atoms with Crippen molar-refractivity contribution in [3.8, 4) is 51.7 Å². The Morgan fingerprint density at radius 3 is 0.765 bits per heavy atom. The lowest BCUT2D eigenvalue weighted by Crippen LogP contribution is -2.26. The number of ketones is 2. The van der Waals surface area contributed by atoms with Gasteiger partial charge in [-0.1, -0.05) is 164 Å². The second-order valence-electron chi connectivity index (χ2n) is 28.0. The molecule has 0 saturated carbocycles. The molecule has 0 radical (unpaired) electrons. The molecule has 0 aliphatic heterocycles. The average molecular weight is 1550 g/mol. The van der Waals surface area contributed by atoms with Crippen LogP contribution in [0.5, 0.6) is 51.7 Å². The normalized spacial score (nSPS) is 12.7. The van der Waals surface area contributed by atoms with Gasteiger partial charge in [0.05, 0.1) is 14.2 Å². The Kier molecular flexibility index (Phi) is 29.6. The molecule has 11 aromatic carbocycles. The fourth-order valence-corrected chi connectivity index (χ4v) is 12.4. The maximum atomic E-state index is 13.1. The van der Waals surface area contributed by atoms with Crippen LogP contribution in [0.15, 0.2) is 303 Å². The van der Waals surface area contributed by atoms with Crippen LogP contribution in [0.2, 0.25) is 0 Å². The zero-order valence-electron chi connectivity index (χ0n) is 65.6. The van der Waals surface area contributed by atoms with Gasteiger partial charge in [-0.05, 0) is 214 Å². The minimum absolute atomic E-state index is 0.0347. The van der Waals surface area contributed by atoms with E-state index in [2.05, 4.69) is 38.8 Å². The number of rotatable bonds is 36. The Balaban J connectivity index is 0.000000254. The summed E-state index contributed by atoms with van der Waals surface area (Å²) >= 11 is 0. The quantitative estimate of drug-likeness (QED) is 0.0109. The third-order valence-corrected chi connectivity index (χ3v) is 19.0. The standard InChI is InChI=1S/C55H54O11.C42H40O7/c1-35(2)54(59)64-33-44(56)31-62-47-23-13-39(14-24-47)51(38-11-21-46(61-6)22-12-38)52(40-15-25-48(26-16-40)63-32-45(57)34-65-55(60)36(3)4)41-17-27-49(28-18-41)66-50-29-19-43(20-30-50)53(58)42-9-7-37(5)8-10-42;1-28(2)41(45)48-27-35(43)26-47-37-22-14-33(15-23-37)42(4,32-12-20-36(46-5)21-13-32)34-16-24-39(25-17-34)49-38-18-10-31(11-19-38)40(44)30-8-6-29(3)7-9-30/h7-30,44-45,51-52,56-57H,1,3,31-34H2,2,4-6H3;6-25,35,43H,1,26-27H2,2-5H3. The van der Waals surface area contributed by atoms with Crippen LogP contribution in [0, 0.1) is 13.8 Å². The minimum atomic E-state index is -1.05. The first-order valence-corrected chi connectivity index (χ1v) is 37.3. The Labute approximate surface area is 671 Å². The van der Waals surface area contributed by atoms with E-state index in [9.17, 15) is 39.3 Å². The van der Waals surface area contributed by atoms with E-state index in [0.29, 0.717) is 68.2 Å². The molecule has 18 heteroatoms. The first kappa shape index (κ1) is 84.3. The number of ether oxygens (including phenoxy) is 10. The molecular weight excluding hydrogens is 1450 g/mol. The largest absolute Gasteiger partial charge is 0.497 e. The molecule has 11 aromatic rings. The van der Waals surface area contributed by atoms with Crippen molar-refractivity contribution >= 4 is 29.5 Å². The van der Waals surface area contributed by atoms with Crippen LogP contribution in [0.4, 0.5) is 0 Å². The van der Waals surface area contributed by atoms with Gasteiger partial charge in [-0.15, -0.1) is 0 Å². The van der Waals surface area contributed by atoms with Gasteiger partial charge >= 0.3 is 17.9 Å². The molecule has 0 heterocycles. The molecule has 18 nitrogen and oxygen atoms in total. The number of benzene rings is 11. The smallest absolute Gasteiger partial charge is 0.333 e. The van der Waals surface area contributed by atoms with Gasteiger partial charge in [0.1, 0.15) is 110 Å². The lowest BCUT2D eigenvalue weighted by Gasteiger charge is -2.32. The van der Waals surface area contributed by atoms with Gasteiger partial charge in [0, 0.05) is 56.2 Å².